The number of hydrogen-bond donors (Lipinski definition) is 0. The second-order valence-corrected chi connectivity index (χ2v) is 7.12. The van der Waals surface area contributed by atoms with Gasteiger partial charge in [0.1, 0.15) is 0 Å². The Morgan fingerprint density at radius 2 is 1.86 bits per heavy atom. The molecule has 144 valence electrons. The summed E-state index contributed by atoms with van der Waals surface area (Å²) in [5.74, 6) is -0.175. The first-order valence-electron chi connectivity index (χ1n) is 9.20. The lowest BCUT2D eigenvalue weighted by Gasteiger charge is -2.30. The Hall–Kier alpha value is -2.89. The normalized spacial score (nSPS) is 15.4. The summed E-state index contributed by atoms with van der Waals surface area (Å²) in [5, 5.41) is 0.747. The first-order valence-corrected chi connectivity index (χ1v) is 9.20. The topological polar surface area (TPSA) is 33.2 Å². The number of hydrogen-bond acceptors (Lipinski definition) is 2. The fourth-order valence-electron chi connectivity index (χ4n) is 3.58. The molecule has 28 heavy (non-hydrogen) atoms. The number of aromatic nitrogens is 1. The smallest absolute Gasteiger partial charge is 0.329 e. The van der Waals surface area contributed by atoms with E-state index in [2.05, 4.69) is 4.98 Å². The molecule has 1 saturated carbocycles. The van der Waals surface area contributed by atoms with Gasteiger partial charge in [-0.1, -0.05) is 24.3 Å². The Morgan fingerprint density at radius 3 is 2.57 bits per heavy atom. The second kappa shape index (κ2) is 6.93. The van der Waals surface area contributed by atoms with Gasteiger partial charge < -0.3 is 4.90 Å². The van der Waals surface area contributed by atoms with Crippen LogP contribution in [-0.4, -0.2) is 21.8 Å². The van der Waals surface area contributed by atoms with Crippen LogP contribution in [0, 0.1) is 0 Å². The zero-order chi connectivity index (χ0) is 19.9. The fourth-order valence-corrected chi connectivity index (χ4v) is 3.58. The standard InChI is InChI=1S/C22H19F3N2O/c1-14(15-5-2-6-16(13-15)22(23,24)25)27(17-10-11-17)21(28)19-7-3-9-20-18(19)8-4-12-26-20/h2-9,12-14,17H,10-11H2,1H3/t14-/m0/s1. The van der Waals surface area contributed by atoms with Crippen molar-refractivity contribution in [1.29, 1.82) is 0 Å². The van der Waals surface area contributed by atoms with Crippen molar-refractivity contribution in [2.75, 3.05) is 0 Å². The third-order valence-corrected chi connectivity index (χ3v) is 5.16. The third kappa shape index (κ3) is 3.46. The Balaban J connectivity index is 1.72. The van der Waals surface area contributed by atoms with E-state index in [0.717, 1.165) is 35.9 Å². The highest BCUT2D eigenvalue weighted by Gasteiger charge is 2.38. The van der Waals surface area contributed by atoms with Crippen molar-refractivity contribution in [2.45, 2.75) is 38.0 Å². The van der Waals surface area contributed by atoms with Crippen molar-refractivity contribution < 1.29 is 18.0 Å². The number of nitrogens with zero attached hydrogens (tertiary/aromatic N) is 2. The van der Waals surface area contributed by atoms with Gasteiger partial charge in [-0.15, -0.1) is 0 Å². The summed E-state index contributed by atoms with van der Waals surface area (Å²) in [6.45, 7) is 1.79. The monoisotopic (exact) mass is 384 g/mol. The summed E-state index contributed by atoms with van der Waals surface area (Å²) < 4.78 is 39.3. The van der Waals surface area contributed by atoms with Crippen LogP contribution in [0.25, 0.3) is 10.9 Å². The molecule has 0 N–H and O–H groups in total. The zero-order valence-corrected chi connectivity index (χ0v) is 15.3. The molecule has 1 amide bonds. The summed E-state index contributed by atoms with van der Waals surface area (Å²) in [4.78, 5) is 19.4. The van der Waals surface area contributed by atoms with E-state index in [-0.39, 0.29) is 11.9 Å². The summed E-state index contributed by atoms with van der Waals surface area (Å²) in [6, 6.07) is 13.8. The van der Waals surface area contributed by atoms with Gasteiger partial charge in [0.05, 0.1) is 17.1 Å². The summed E-state index contributed by atoms with van der Waals surface area (Å²) in [5.41, 5.74) is 1.02. The highest BCUT2D eigenvalue weighted by molar-refractivity contribution is 6.06. The lowest BCUT2D eigenvalue weighted by molar-refractivity contribution is -0.137. The molecule has 2 aromatic carbocycles. The van der Waals surface area contributed by atoms with Gasteiger partial charge in [-0.05, 0) is 55.7 Å². The lowest BCUT2D eigenvalue weighted by Crippen LogP contribution is -2.35. The second-order valence-electron chi connectivity index (χ2n) is 7.12. The maximum Gasteiger partial charge on any atom is 0.416 e. The van der Waals surface area contributed by atoms with Gasteiger partial charge >= 0.3 is 6.18 Å². The maximum atomic E-state index is 13.4. The largest absolute Gasteiger partial charge is 0.416 e. The van der Waals surface area contributed by atoms with Crippen LogP contribution in [-0.2, 0) is 6.18 Å². The molecule has 0 spiro atoms. The summed E-state index contributed by atoms with van der Waals surface area (Å²) in [7, 11) is 0. The van der Waals surface area contributed by atoms with Gasteiger partial charge in [0.2, 0.25) is 0 Å². The number of carbonyl (C=O) groups is 1. The minimum atomic E-state index is -4.41. The molecular formula is C22H19F3N2O. The van der Waals surface area contributed by atoms with E-state index in [1.165, 1.54) is 6.07 Å². The molecule has 4 rings (SSSR count). The van der Waals surface area contributed by atoms with E-state index in [1.807, 2.05) is 12.1 Å². The Bertz CT molecular complexity index is 1020. The minimum Gasteiger partial charge on any atom is -0.329 e. The number of carbonyl (C=O) groups excluding carboxylic acids is 1. The number of benzene rings is 2. The average molecular weight is 384 g/mol. The quantitative estimate of drug-likeness (QED) is 0.585. The van der Waals surface area contributed by atoms with Gasteiger partial charge in [-0.3, -0.25) is 9.78 Å². The van der Waals surface area contributed by atoms with Crippen LogP contribution in [0.5, 0.6) is 0 Å². The molecule has 6 heteroatoms. The molecule has 1 aliphatic carbocycles. The minimum absolute atomic E-state index is 0.0453. The van der Waals surface area contributed by atoms with Gasteiger partial charge in [0, 0.05) is 23.2 Å². The van der Waals surface area contributed by atoms with E-state index < -0.39 is 17.8 Å². The van der Waals surface area contributed by atoms with Gasteiger partial charge in [-0.2, -0.15) is 13.2 Å². The van der Waals surface area contributed by atoms with E-state index in [9.17, 15) is 18.0 Å². The van der Waals surface area contributed by atoms with Crippen molar-refractivity contribution in [2.24, 2.45) is 0 Å². The number of fused-ring (bicyclic) bond motifs is 1. The molecule has 1 aliphatic rings. The molecule has 0 aliphatic heterocycles. The summed E-state index contributed by atoms with van der Waals surface area (Å²) in [6.07, 6.45) is -1.03. The summed E-state index contributed by atoms with van der Waals surface area (Å²) >= 11 is 0. The van der Waals surface area contributed by atoms with Crippen molar-refractivity contribution in [3.8, 4) is 0 Å². The van der Waals surface area contributed by atoms with Gasteiger partial charge in [0.25, 0.3) is 5.91 Å². The molecule has 0 unspecified atom stereocenters. The predicted molar refractivity (Wildman–Crippen MR) is 101 cm³/mol. The molecule has 1 atom stereocenters. The zero-order valence-electron chi connectivity index (χ0n) is 15.3. The first kappa shape index (κ1) is 18.5. The van der Waals surface area contributed by atoms with Crippen molar-refractivity contribution in [3.63, 3.8) is 0 Å². The number of rotatable bonds is 4. The molecule has 0 bridgehead atoms. The highest BCUT2D eigenvalue weighted by Crippen LogP contribution is 2.38. The van der Waals surface area contributed by atoms with E-state index in [0.29, 0.717) is 11.1 Å². The number of halogens is 3. The fraction of sp³-hybridized carbons (Fsp3) is 0.273. The average Bonchev–Trinajstić information content (AvgIpc) is 3.52. The molecule has 1 aromatic heterocycles. The van der Waals surface area contributed by atoms with Crippen LogP contribution in [0.2, 0.25) is 0 Å². The van der Waals surface area contributed by atoms with Crippen molar-refractivity contribution in [3.05, 3.63) is 77.5 Å². The van der Waals surface area contributed by atoms with Gasteiger partial charge in [0.15, 0.2) is 0 Å². The highest BCUT2D eigenvalue weighted by atomic mass is 19.4. The molecule has 0 radical (unpaired) electrons. The third-order valence-electron chi connectivity index (χ3n) is 5.16. The molecule has 3 aromatic rings. The van der Waals surface area contributed by atoms with Crippen LogP contribution >= 0.6 is 0 Å². The van der Waals surface area contributed by atoms with Crippen LogP contribution in [0.4, 0.5) is 13.2 Å². The SMILES string of the molecule is C[C@@H](c1cccc(C(F)(F)F)c1)N(C(=O)c1cccc2ncccc12)C1CC1. The maximum absolute atomic E-state index is 13.4. The van der Waals surface area contributed by atoms with Crippen LogP contribution in [0.3, 0.4) is 0 Å². The van der Waals surface area contributed by atoms with E-state index in [4.69, 9.17) is 0 Å². The molecule has 1 fully saturated rings. The number of pyridine rings is 1. The predicted octanol–water partition coefficient (Wildman–Crippen LogP) is 5.62. The molecular weight excluding hydrogens is 365 g/mol. The first-order chi connectivity index (χ1) is 13.4. The Kier molecular flexibility index (Phi) is 4.57. The van der Waals surface area contributed by atoms with Crippen LogP contribution < -0.4 is 0 Å². The van der Waals surface area contributed by atoms with Gasteiger partial charge in [-0.25, -0.2) is 0 Å². The number of alkyl halides is 3. The van der Waals surface area contributed by atoms with E-state index in [1.54, 1.807) is 42.3 Å². The molecule has 1 heterocycles. The number of amides is 1. The Labute approximate surface area is 160 Å². The van der Waals surface area contributed by atoms with Crippen molar-refractivity contribution >= 4 is 16.8 Å². The molecule has 3 nitrogen and oxygen atoms in total. The van der Waals surface area contributed by atoms with Crippen molar-refractivity contribution in [1.82, 2.24) is 9.88 Å². The lowest BCUT2D eigenvalue weighted by atomic mass is 10.0. The molecule has 0 saturated heterocycles. The van der Waals surface area contributed by atoms with Crippen LogP contribution in [0.15, 0.2) is 60.8 Å². The Morgan fingerprint density at radius 1 is 1.11 bits per heavy atom. The van der Waals surface area contributed by atoms with E-state index >= 15 is 0 Å². The van der Waals surface area contributed by atoms with Crippen LogP contribution in [0.1, 0.15) is 47.3 Å².